The number of hydrogen-bond donors (Lipinski definition) is 1. The fraction of sp³-hybridized carbons (Fsp3) is 0.600. The fourth-order valence-corrected chi connectivity index (χ4v) is 2.21. The van der Waals surface area contributed by atoms with Gasteiger partial charge < -0.3 is 10.6 Å². The highest BCUT2D eigenvalue weighted by atomic mass is 19.1. The largest absolute Gasteiger partial charge is 0.371 e. The summed E-state index contributed by atoms with van der Waals surface area (Å²) in [5.74, 6) is -0.168. The standard InChI is InChI=1S/C15H25FN2/c1-5-7-18(8-6-2)15-9-11(3)14(16)10-13(15)12(4)17/h9-10,12H,5-8,17H2,1-4H3/t12-/m1/s1. The molecule has 1 aromatic carbocycles. The van der Waals surface area contributed by atoms with Crippen LogP contribution in [0.2, 0.25) is 0 Å². The van der Waals surface area contributed by atoms with Crippen LogP contribution in [0.4, 0.5) is 10.1 Å². The van der Waals surface area contributed by atoms with E-state index >= 15 is 0 Å². The molecule has 0 amide bonds. The van der Waals surface area contributed by atoms with Gasteiger partial charge in [-0.3, -0.25) is 0 Å². The zero-order chi connectivity index (χ0) is 13.7. The Hall–Kier alpha value is -1.09. The van der Waals surface area contributed by atoms with Crippen LogP contribution in [0.5, 0.6) is 0 Å². The molecule has 0 fully saturated rings. The number of nitrogens with zero attached hydrogens (tertiary/aromatic N) is 1. The first-order valence-corrected chi connectivity index (χ1v) is 6.81. The van der Waals surface area contributed by atoms with Crippen LogP contribution in [0.15, 0.2) is 12.1 Å². The minimum absolute atomic E-state index is 0.147. The number of hydrogen-bond acceptors (Lipinski definition) is 2. The molecule has 1 rings (SSSR count). The maximum Gasteiger partial charge on any atom is 0.126 e. The van der Waals surface area contributed by atoms with Crippen molar-refractivity contribution in [1.82, 2.24) is 0 Å². The second-order valence-electron chi connectivity index (χ2n) is 4.94. The van der Waals surface area contributed by atoms with Crippen LogP contribution in [-0.2, 0) is 0 Å². The Labute approximate surface area is 110 Å². The van der Waals surface area contributed by atoms with Gasteiger partial charge >= 0.3 is 0 Å². The van der Waals surface area contributed by atoms with E-state index < -0.39 is 0 Å². The predicted molar refractivity (Wildman–Crippen MR) is 76.5 cm³/mol. The molecular weight excluding hydrogens is 227 g/mol. The van der Waals surface area contributed by atoms with Crippen molar-refractivity contribution in [1.29, 1.82) is 0 Å². The van der Waals surface area contributed by atoms with E-state index in [0.717, 1.165) is 37.2 Å². The minimum atomic E-state index is -0.168. The number of aryl methyl sites for hydroxylation is 1. The molecule has 18 heavy (non-hydrogen) atoms. The van der Waals surface area contributed by atoms with Gasteiger partial charge in [0, 0.05) is 24.8 Å². The minimum Gasteiger partial charge on any atom is -0.371 e. The van der Waals surface area contributed by atoms with Crippen molar-refractivity contribution in [2.75, 3.05) is 18.0 Å². The van der Waals surface area contributed by atoms with E-state index in [-0.39, 0.29) is 11.9 Å². The van der Waals surface area contributed by atoms with Crippen LogP contribution in [0, 0.1) is 12.7 Å². The quantitative estimate of drug-likeness (QED) is 0.835. The lowest BCUT2D eigenvalue weighted by Gasteiger charge is -2.28. The molecule has 0 radical (unpaired) electrons. The number of nitrogens with two attached hydrogens (primary N) is 1. The lowest BCUT2D eigenvalue weighted by Crippen LogP contribution is -2.27. The number of anilines is 1. The van der Waals surface area contributed by atoms with Crippen molar-refractivity contribution in [2.24, 2.45) is 5.73 Å². The molecule has 1 atom stereocenters. The third-order valence-corrected chi connectivity index (χ3v) is 3.13. The van der Waals surface area contributed by atoms with Crippen LogP contribution >= 0.6 is 0 Å². The van der Waals surface area contributed by atoms with Gasteiger partial charge in [-0.05, 0) is 49.9 Å². The number of rotatable bonds is 6. The molecule has 0 heterocycles. The van der Waals surface area contributed by atoms with Crippen molar-refractivity contribution >= 4 is 5.69 Å². The smallest absolute Gasteiger partial charge is 0.126 e. The van der Waals surface area contributed by atoms with Crippen molar-refractivity contribution in [3.63, 3.8) is 0 Å². The Kier molecular flexibility index (Phi) is 5.60. The van der Waals surface area contributed by atoms with Crippen LogP contribution < -0.4 is 10.6 Å². The van der Waals surface area contributed by atoms with E-state index in [1.54, 1.807) is 13.0 Å². The molecule has 2 nitrogen and oxygen atoms in total. The maximum atomic E-state index is 13.7. The van der Waals surface area contributed by atoms with E-state index in [1.165, 1.54) is 0 Å². The summed E-state index contributed by atoms with van der Waals surface area (Å²) >= 11 is 0. The molecule has 0 unspecified atom stereocenters. The molecule has 102 valence electrons. The van der Waals surface area contributed by atoms with Gasteiger partial charge in [0.2, 0.25) is 0 Å². The van der Waals surface area contributed by atoms with Gasteiger partial charge in [-0.1, -0.05) is 13.8 Å². The Morgan fingerprint density at radius 2 is 1.78 bits per heavy atom. The molecule has 0 aliphatic carbocycles. The van der Waals surface area contributed by atoms with Gasteiger partial charge in [-0.15, -0.1) is 0 Å². The molecule has 2 N–H and O–H groups in total. The number of benzene rings is 1. The molecule has 0 spiro atoms. The summed E-state index contributed by atoms with van der Waals surface area (Å²) in [5.41, 5.74) is 8.65. The molecule has 3 heteroatoms. The summed E-state index contributed by atoms with van der Waals surface area (Å²) < 4.78 is 13.7. The van der Waals surface area contributed by atoms with Crippen LogP contribution in [0.3, 0.4) is 0 Å². The molecule has 0 aliphatic heterocycles. The van der Waals surface area contributed by atoms with E-state index in [2.05, 4.69) is 18.7 Å². The first-order valence-electron chi connectivity index (χ1n) is 6.81. The lowest BCUT2D eigenvalue weighted by molar-refractivity contribution is 0.611. The van der Waals surface area contributed by atoms with E-state index in [0.29, 0.717) is 5.56 Å². The molecule has 0 aliphatic rings. The highest BCUT2D eigenvalue weighted by Gasteiger charge is 2.15. The second kappa shape index (κ2) is 6.74. The molecule has 0 saturated heterocycles. The first-order chi connectivity index (χ1) is 8.51. The Bertz CT molecular complexity index is 382. The van der Waals surface area contributed by atoms with Crippen molar-refractivity contribution in [3.05, 3.63) is 29.1 Å². The van der Waals surface area contributed by atoms with Gasteiger partial charge in [-0.25, -0.2) is 4.39 Å². The normalized spacial score (nSPS) is 12.6. The van der Waals surface area contributed by atoms with Crippen molar-refractivity contribution in [2.45, 2.75) is 46.6 Å². The summed E-state index contributed by atoms with van der Waals surface area (Å²) in [7, 11) is 0. The van der Waals surface area contributed by atoms with Crippen LogP contribution in [0.25, 0.3) is 0 Å². The number of halogens is 1. The maximum absolute atomic E-state index is 13.7. The Morgan fingerprint density at radius 1 is 1.22 bits per heavy atom. The molecule has 0 saturated carbocycles. The molecular formula is C15H25FN2. The van der Waals surface area contributed by atoms with E-state index in [1.807, 2.05) is 13.0 Å². The van der Waals surface area contributed by atoms with Crippen LogP contribution in [-0.4, -0.2) is 13.1 Å². The lowest BCUT2D eigenvalue weighted by atomic mass is 10.0. The zero-order valence-corrected chi connectivity index (χ0v) is 12.0. The molecule has 0 bridgehead atoms. The van der Waals surface area contributed by atoms with E-state index in [4.69, 9.17) is 5.73 Å². The van der Waals surface area contributed by atoms with Gasteiger partial charge in [-0.2, -0.15) is 0 Å². The summed E-state index contributed by atoms with van der Waals surface area (Å²) in [5, 5.41) is 0. The highest BCUT2D eigenvalue weighted by molar-refractivity contribution is 5.57. The summed E-state index contributed by atoms with van der Waals surface area (Å²) in [6.07, 6.45) is 2.16. The van der Waals surface area contributed by atoms with Crippen LogP contribution in [0.1, 0.15) is 50.8 Å². The third kappa shape index (κ3) is 3.45. The van der Waals surface area contributed by atoms with Gasteiger partial charge in [0.05, 0.1) is 0 Å². The monoisotopic (exact) mass is 252 g/mol. The average Bonchev–Trinajstić information content (AvgIpc) is 2.31. The Balaban J connectivity index is 3.21. The van der Waals surface area contributed by atoms with E-state index in [9.17, 15) is 4.39 Å². The fourth-order valence-electron chi connectivity index (χ4n) is 2.21. The molecule has 1 aromatic rings. The van der Waals surface area contributed by atoms with Gasteiger partial charge in [0.25, 0.3) is 0 Å². The third-order valence-electron chi connectivity index (χ3n) is 3.13. The highest BCUT2D eigenvalue weighted by Crippen LogP contribution is 2.28. The predicted octanol–water partition coefficient (Wildman–Crippen LogP) is 3.78. The zero-order valence-electron chi connectivity index (χ0n) is 12.0. The SMILES string of the molecule is CCCN(CCC)c1cc(C)c(F)cc1[C@@H](C)N. The van der Waals surface area contributed by atoms with Gasteiger partial charge in [0.15, 0.2) is 0 Å². The first kappa shape index (κ1) is 15.0. The van der Waals surface area contributed by atoms with Crippen molar-refractivity contribution < 1.29 is 4.39 Å². The average molecular weight is 252 g/mol. The summed E-state index contributed by atoms with van der Waals surface area (Å²) in [6.45, 7) is 10.00. The van der Waals surface area contributed by atoms with Crippen molar-refractivity contribution in [3.8, 4) is 0 Å². The Morgan fingerprint density at radius 3 is 2.22 bits per heavy atom. The molecule has 0 aromatic heterocycles. The summed E-state index contributed by atoms with van der Waals surface area (Å²) in [4.78, 5) is 2.31. The summed E-state index contributed by atoms with van der Waals surface area (Å²) in [6, 6.07) is 3.37. The second-order valence-corrected chi connectivity index (χ2v) is 4.94. The topological polar surface area (TPSA) is 29.3 Å². The van der Waals surface area contributed by atoms with Gasteiger partial charge in [0.1, 0.15) is 5.82 Å².